The fourth-order valence-corrected chi connectivity index (χ4v) is 3.94. The van der Waals surface area contributed by atoms with E-state index in [0.29, 0.717) is 50.3 Å². The zero-order valence-corrected chi connectivity index (χ0v) is 18.8. The Labute approximate surface area is 189 Å². The van der Waals surface area contributed by atoms with Crippen molar-refractivity contribution in [3.63, 3.8) is 0 Å². The standard InChI is InChI=1S/C21H20ClNO5S2/c1-3-26-17-11-13(12-18-20(24)23-21(29)30-18)10-16(22)19(17)28-9-8-27-15-6-4-14(25-2)5-7-15/h4-7,10-12H,3,8-9H2,1-2H3,(H,23,24,29)/b18-12+. The van der Waals surface area contributed by atoms with Crippen LogP contribution in [0.4, 0.5) is 0 Å². The number of rotatable bonds is 9. The summed E-state index contributed by atoms with van der Waals surface area (Å²) in [6.45, 7) is 2.91. The molecule has 0 unspecified atom stereocenters. The highest BCUT2D eigenvalue weighted by Crippen LogP contribution is 2.38. The minimum absolute atomic E-state index is 0.227. The lowest BCUT2D eigenvalue weighted by molar-refractivity contribution is -0.115. The van der Waals surface area contributed by atoms with E-state index in [1.807, 2.05) is 31.2 Å². The van der Waals surface area contributed by atoms with E-state index in [1.165, 1.54) is 11.8 Å². The van der Waals surface area contributed by atoms with Crippen LogP contribution in [0.3, 0.4) is 0 Å². The summed E-state index contributed by atoms with van der Waals surface area (Å²) in [7, 11) is 1.61. The first-order valence-corrected chi connectivity index (χ1v) is 10.7. The van der Waals surface area contributed by atoms with Gasteiger partial charge in [0.1, 0.15) is 29.0 Å². The van der Waals surface area contributed by atoms with E-state index in [4.69, 9.17) is 42.8 Å². The first kappa shape index (κ1) is 22.3. The van der Waals surface area contributed by atoms with Crippen molar-refractivity contribution in [1.29, 1.82) is 0 Å². The highest BCUT2D eigenvalue weighted by atomic mass is 35.5. The topological polar surface area (TPSA) is 66.0 Å². The molecule has 1 aliphatic heterocycles. The molecule has 9 heteroatoms. The Morgan fingerprint density at radius 2 is 1.80 bits per heavy atom. The predicted molar refractivity (Wildman–Crippen MR) is 123 cm³/mol. The zero-order chi connectivity index (χ0) is 21.5. The number of carbonyl (C=O) groups is 1. The van der Waals surface area contributed by atoms with Crippen LogP contribution in [0.2, 0.25) is 5.02 Å². The molecule has 0 aliphatic carbocycles. The molecule has 0 atom stereocenters. The first-order chi connectivity index (χ1) is 14.5. The molecule has 0 aromatic heterocycles. The van der Waals surface area contributed by atoms with Crippen LogP contribution in [0.25, 0.3) is 6.08 Å². The van der Waals surface area contributed by atoms with Crippen LogP contribution >= 0.6 is 35.6 Å². The molecule has 0 saturated carbocycles. The molecule has 1 N–H and O–H groups in total. The summed E-state index contributed by atoms with van der Waals surface area (Å²) < 4.78 is 22.7. The van der Waals surface area contributed by atoms with Crippen molar-refractivity contribution in [3.8, 4) is 23.0 Å². The van der Waals surface area contributed by atoms with Gasteiger partial charge in [-0.15, -0.1) is 0 Å². The van der Waals surface area contributed by atoms with Crippen LogP contribution in [0.5, 0.6) is 23.0 Å². The molecule has 6 nitrogen and oxygen atoms in total. The Morgan fingerprint density at radius 1 is 1.10 bits per heavy atom. The Hall–Kier alpha value is -2.42. The van der Waals surface area contributed by atoms with Gasteiger partial charge in [-0.1, -0.05) is 35.6 Å². The van der Waals surface area contributed by atoms with E-state index in [2.05, 4.69) is 5.32 Å². The monoisotopic (exact) mass is 465 g/mol. The van der Waals surface area contributed by atoms with Gasteiger partial charge in [-0.2, -0.15) is 0 Å². The summed E-state index contributed by atoms with van der Waals surface area (Å²) in [4.78, 5) is 12.4. The Bertz CT molecular complexity index is 963. The molecule has 3 rings (SSSR count). The number of ether oxygens (including phenoxy) is 4. The molecule has 158 valence electrons. The maximum absolute atomic E-state index is 11.9. The van der Waals surface area contributed by atoms with Gasteiger partial charge < -0.3 is 24.3 Å². The molecule has 1 saturated heterocycles. The maximum atomic E-state index is 11.9. The summed E-state index contributed by atoms with van der Waals surface area (Å²) in [5, 5.41) is 2.96. The first-order valence-electron chi connectivity index (χ1n) is 9.11. The largest absolute Gasteiger partial charge is 0.497 e. The van der Waals surface area contributed by atoms with Gasteiger partial charge in [0.2, 0.25) is 0 Å². The third kappa shape index (κ3) is 5.81. The SMILES string of the molecule is CCOc1cc(/C=C2/SC(=S)NC2=O)cc(Cl)c1OCCOc1ccc(OC)cc1. The van der Waals surface area contributed by atoms with Gasteiger partial charge in [0.25, 0.3) is 5.91 Å². The third-order valence-corrected chi connectivity index (χ3v) is 5.37. The highest BCUT2D eigenvalue weighted by molar-refractivity contribution is 8.26. The molecular formula is C21H20ClNO5S2. The lowest BCUT2D eigenvalue weighted by Crippen LogP contribution is -2.17. The smallest absolute Gasteiger partial charge is 0.263 e. The summed E-state index contributed by atoms with van der Waals surface area (Å²) in [5.74, 6) is 2.17. The van der Waals surface area contributed by atoms with Crippen molar-refractivity contribution >= 4 is 51.9 Å². The molecule has 1 fully saturated rings. The zero-order valence-electron chi connectivity index (χ0n) is 16.4. The molecule has 2 aromatic rings. The third-order valence-electron chi connectivity index (χ3n) is 3.93. The maximum Gasteiger partial charge on any atom is 0.263 e. The molecule has 30 heavy (non-hydrogen) atoms. The van der Waals surface area contributed by atoms with Gasteiger partial charge in [0, 0.05) is 0 Å². The molecule has 2 aromatic carbocycles. The van der Waals surface area contributed by atoms with Gasteiger partial charge in [-0.25, -0.2) is 0 Å². The normalized spacial score (nSPS) is 14.6. The molecule has 1 heterocycles. The summed E-state index contributed by atoms with van der Waals surface area (Å²) in [6.07, 6.45) is 1.71. The summed E-state index contributed by atoms with van der Waals surface area (Å²) >= 11 is 12.6. The van der Waals surface area contributed by atoms with Crippen molar-refractivity contribution < 1.29 is 23.7 Å². The summed E-state index contributed by atoms with van der Waals surface area (Å²) in [6, 6.07) is 10.8. The number of amides is 1. The number of thioether (sulfide) groups is 1. The average Bonchev–Trinajstić information content (AvgIpc) is 3.04. The van der Waals surface area contributed by atoms with Gasteiger partial charge >= 0.3 is 0 Å². The van der Waals surface area contributed by atoms with E-state index in [0.717, 1.165) is 5.75 Å². The van der Waals surface area contributed by atoms with Crippen molar-refractivity contribution in [2.45, 2.75) is 6.92 Å². The van der Waals surface area contributed by atoms with Crippen molar-refractivity contribution in [2.75, 3.05) is 26.9 Å². The number of carbonyl (C=O) groups excluding carboxylic acids is 1. The van der Waals surface area contributed by atoms with Gasteiger partial charge in [-0.3, -0.25) is 4.79 Å². The fraction of sp³-hybridized carbons (Fsp3) is 0.238. The molecule has 1 amide bonds. The molecule has 0 spiro atoms. The molecular weight excluding hydrogens is 446 g/mol. The predicted octanol–water partition coefficient (Wildman–Crippen LogP) is 4.69. The number of thiocarbonyl (C=S) groups is 1. The minimum atomic E-state index is -0.227. The molecule has 0 bridgehead atoms. The Balaban J connectivity index is 1.67. The van der Waals surface area contributed by atoms with Crippen LogP contribution in [-0.2, 0) is 4.79 Å². The van der Waals surface area contributed by atoms with Crippen LogP contribution in [0, 0.1) is 0 Å². The second-order valence-corrected chi connectivity index (χ2v) is 8.11. The lowest BCUT2D eigenvalue weighted by atomic mass is 10.2. The van der Waals surface area contributed by atoms with Crippen LogP contribution < -0.4 is 24.3 Å². The second-order valence-electron chi connectivity index (χ2n) is 5.99. The van der Waals surface area contributed by atoms with E-state index in [1.54, 1.807) is 25.3 Å². The van der Waals surface area contributed by atoms with E-state index >= 15 is 0 Å². The van der Waals surface area contributed by atoms with Crippen molar-refractivity contribution in [1.82, 2.24) is 5.32 Å². The number of halogens is 1. The fourth-order valence-electron chi connectivity index (χ4n) is 2.62. The van der Waals surface area contributed by atoms with Crippen molar-refractivity contribution in [3.05, 3.63) is 51.9 Å². The molecule has 1 aliphatic rings. The van der Waals surface area contributed by atoms with E-state index in [-0.39, 0.29) is 12.5 Å². The molecule has 0 radical (unpaired) electrons. The number of hydrogen-bond donors (Lipinski definition) is 1. The van der Waals surface area contributed by atoms with Crippen LogP contribution in [0.15, 0.2) is 41.3 Å². The van der Waals surface area contributed by atoms with Crippen molar-refractivity contribution in [2.24, 2.45) is 0 Å². The van der Waals surface area contributed by atoms with E-state index in [9.17, 15) is 4.79 Å². The summed E-state index contributed by atoms with van der Waals surface area (Å²) in [5.41, 5.74) is 0.715. The minimum Gasteiger partial charge on any atom is -0.497 e. The lowest BCUT2D eigenvalue weighted by Gasteiger charge is -2.15. The van der Waals surface area contributed by atoms with Gasteiger partial charge in [0.15, 0.2) is 11.5 Å². The van der Waals surface area contributed by atoms with Crippen LogP contribution in [-0.4, -0.2) is 37.2 Å². The van der Waals surface area contributed by atoms with Gasteiger partial charge in [0.05, 0.1) is 23.6 Å². The second kappa shape index (κ2) is 10.6. The number of hydrogen-bond acceptors (Lipinski definition) is 7. The Kier molecular flexibility index (Phi) is 7.84. The Morgan fingerprint density at radius 3 is 2.43 bits per heavy atom. The number of methoxy groups -OCH3 is 1. The van der Waals surface area contributed by atoms with E-state index < -0.39 is 0 Å². The van der Waals surface area contributed by atoms with Gasteiger partial charge in [-0.05, 0) is 55.0 Å². The van der Waals surface area contributed by atoms with Crippen LogP contribution in [0.1, 0.15) is 12.5 Å². The average molecular weight is 466 g/mol. The number of nitrogens with one attached hydrogen (secondary N) is 1. The quantitative estimate of drug-likeness (QED) is 0.327. The number of benzene rings is 2. The highest BCUT2D eigenvalue weighted by Gasteiger charge is 2.22.